The molecule has 148 valence electrons. The van der Waals surface area contributed by atoms with E-state index in [2.05, 4.69) is 50.0 Å². The molecule has 4 heteroatoms. The smallest absolute Gasteiger partial charge is 0.123 e. The Hall–Kier alpha value is -2.25. The van der Waals surface area contributed by atoms with E-state index >= 15 is 0 Å². The van der Waals surface area contributed by atoms with Crippen LogP contribution in [0.4, 0.5) is 0 Å². The van der Waals surface area contributed by atoms with E-state index in [0.717, 1.165) is 54.9 Å². The van der Waals surface area contributed by atoms with Gasteiger partial charge in [-0.15, -0.1) is 11.3 Å². The van der Waals surface area contributed by atoms with Gasteiger partial charge in [-0.2, -0.15) is 0 Å². The number of aryl methyl sites for hydroxylation is 1. The molecule has 1 aliphatic heterocycles. The first-order chi connectivity index (χ1) is 13.6. The molecule has 28 heavy (non-hydrogen) atoms. The second-order valence-electron chi connectivity index (χ2n) is 7.39. The lowest BCUT2D eigenvalue weighted by molar-refractivity contribution is -0.305. The van der Waals surface area contributed by atoms with E-state index in [1.807, 2.05) is 6.07 Å². The number of benzene rings is 1. The number of hydrogen-bond donors (Lipinski definition) is 0. The second kappa shape index (κ2) is 9.30. The maximum atomic E-state index is 10.5. The number of thiophene rings is 1. The Kier molecular flexibility index (Phi) is 6.80. The van der Waals surface area contributed by atoms with E-state index < -0.39 is 5.97 Å². The van der Waals surface area contributed by atoms with E-state index in [1.165, 1.54) is 10.4 Å². The standard InChI is InChI=1S/C24H28O3S/c1-3-24(4-2)15-16-27-22-14-10-18(17-21(22)24)9-11-20-13-12-19(28-20)7-5-6-8-23(25)26/h10,12-14,17H,3-8,15-16H2,1-2H3,(H,25,26)/p-1. The third kappa shape index (κ3) is 4.77. The van der Waals surface area contributed by atoms with Gasteiger partial charge in [-0.05, 0) is 75.3 Å². The van der Waals surface area contributed by atoms with Crippen LogP contribution < -0.4 is 9.84 Å². The first-order valence-electron chi connectivity index (χ1n) is 10.1. The van der Waals surface area contributed by atoms with Gasteiger partial charge in [-0.3, -0.25) is 0 Å². The molecule has 0 bridgehead atoms. The summed E-state index contributed by atoms with van der Waals surface area (Å²) in [6.07, 6.45) is 5.85. The van der Waals surface area contributed by atoms with Crippen LogP contribution in [0.15, 0.2) is 30.3 Å². The molecule has 2 heterocycles. The molecule has 0 amide bonds. The summed E-state index contributed by atoms with van der Waals surface area (Å²) in [6, 6.07) is 10.5. The minimum absolute atomic E-state index is 0.136. The van der Waals surface area contributed by atoms with Crippen LogP contribution in [0.25, 0.3) is 0 Å². The van der Waals surface area contributed by atoms with Crippen molar-refractivity contribution in [1.29, 1.82) is 0 Å². The summed E-state index contributed by atoms with van der Waals surface area (Å²) >= 11 is 1.69. The zero-order valence-electron chi connectivity index (χ0n) is 16.7. The van der Waals surface area contributed by atoms with E-state index in [-0.39, 0.29) is 11.8 Å². The van der Waals surface area contributed by atoms with Gasteiger partial charge in [-0.1, -0.05) is 25.7 Å². The molecular formula is C24H27O3S-. The molecule has 1 aromatic carbocycles. The number of unbranched alkanes of at least 4 members (excludes halogenated alkanes) is 1. The molecule has 0 N–H and O–H groups in total. The molecule has 1 aliphatic rings. The lowest BCUT2D eigenvalue weighted by Gasteiger charge is -2.37. The molecule has 0 saturated carbocycles. The van der Waals surface area contributed by atoms with Gasteiger partial charge in [0.25, 0.3) is 0 Å². The Bertz CT molecular complexity index is 881. The molecule has 1 aromatic heterocycles. The molecule has 3 rings (SSSR count). The van der Waals surface area contributed by atoms with Crippen molar-refractivity contribution in [2.75, 3.05) is 6.61 Å². The fourth-order valence-corrected chi connectivity index (χ4v) is 4.81. The maximum absolute atomic E-state index is 10.5. The Labute approximate surface area is 171 Å². The highest BCUT2D eigenvalue weighted by Crippen LogP contribution is 2.43. The van der Waals surface area contributed by atoms with Crippen molar-refractivity contribution in [3.05, 3.63) is 51.2 Å². The predicted octanol–water partition coefficient (Wildman–Crippen LogP) is 4.45. The third-order valence-corrected chi connectivity index (χ3v) is 6.85. The zero-order valence-corrected chi connectivity index (χ0v) is 17.5. The third-order valence-electron chi connectivity index (χ3n) is 5.79. The van der Waals surface area contributed by atoms with Crippen molar-refractivity contribution in [2.24, 2.45) is 0 Å². The van der Waals surface area contributed by atoms with Crippen LogP contribution in [0.5, 0.6) is 5.75 Å². The molecule has 2 aromatic rings. The van der Waals surface area contributed by atoms with Crippen LogP contribution in [0.1, 0.15) is 73.3 Å². The van der Waals surface area contributed by atoms with Crippen molar-refractivity contribution >= 4 is 17.3 Å². The van der Waals surface area contributed by atoms with E-state index in [0.29, 0.717) is 6.42 Å². The number of aliphatic carboxylic acids is 1. The summed E-state index contributed by atoms with van der Waals surface area (Å²) in [4.78, 5) is 12.8. The van der Waals surface area contributed by atoms with Gasteiger partial charge in [0.15, 0.2) is 0 Å². The van der Waals surface area contributed by atoms with Crippen LogP contribution in [-0.2, 0) is 16.6 Å². The normalized spacial score (nSPS) is 14.5. The second-order valence-corrected chi connectivity index (χ2v) is 8.56. The Morgan fingerprint density at radius 3 is 2.75 bits per heavy atom. The van der Waals surface area contributed by atoms with Gasteiger partial charge in [0, 0.05) is 27.4 Å². The average molecular weight is 396 g/mol. The van der Waals surface area contributed by atoms with Crippen LogP contribution in [0.2, 0.25) is 0 Å². The van der Waals surface area contributed by atoms with Crippen LogP contribution in [-0.4, -0.2) is 12.6 Å². The first-order valence-corrected chi connectivity index (χ1v) is 11.0. The van der Waals surface area contributed by atoms with Crippen molar-refractivity contribution in [2.45, 2.75) is 64.2 Å². The minimum Gasteiger partial charge on any atom is -0.550 e. The van der Waals surface area contributed by atoms with Gasteiger partial charge in [0.2, 0.25) is 0 Å². The predicted molar refractivity (Wildman–Crippen MR) is 112 cm³/mol. The SMILES string of the molecule is CCC1(CC)CCOc2ccc(C#Cc3ccc(CCCCC(=O)[O-])s3)cc21. The average Bonchev–Trinajstić information content (AvgIpc) is 3.16. The number of fused-ring (bicyclic) bond motifs is 1. The van der Waals surface area contributed by atoms with Gasteiger partial charge in [0.1, 0.15) is 5.75 Å². The number of carbonyl (C=O) groups excluding carboxylic acids is 1. The highest BCUT2D eigenvalue weighted by Gasteiger charge is 2.34. The van der Waals surface area contributed by atoms with Crippen molar-refractivity contribution in [3.63, 3.8) is 0 Å². The molecule has 0 saturated heterocycles. The molecule has 3 nitrogen and oxygen atoms in total. The van der Waals surface area contributed by atoms with Gasteiger partial charge >= 0.3 is 0 Å². The zero-order chi connectivity index (χ0) is 20.0. The summed E-state index contributed by atoms with van der Waals surface area (Å²) in [5.41, 5.74) is 2.53. The molecule has 0 fully saturated rings. The molecular weight excluding hydrogens is 368 g/mol. The first kappa shape index (κ1) is 20.5. The highest BCUT2D eigenvalue weighted by molar-refractivity contribution is 7.12. The summed E-state index contributed by atoms with van der Waals surface area (Å²) < 4.78 is 5.88. The number of rotatable bonds is 7. The van der Waals surface area contributed by atoms with Gasteiger partial charge in [-0.25, -0.2) is 0 Å². The monoisotopic (exact) mass is 395 g/mol. The maximum Gasteiger partial charge on any atom is 0.123 e. The Balaban J connectivity index is 1.70. The molecule has 0 spiro atoms. The number of carboxylic acid groups (broad SMARTS) is 1. The van der Waals surface area contributed by atoms with Gasteiger partial charge in [0.05, 0.1) is 11.5 Å². The summed E-state index contributed by atoms with van der Waals surface area (Å²) in [5, 5.41) is 10.5. The van der Waals surface area contributed by atoms with Crippen molar-refractivity contribution in [1.82, 2.24) is 0 Å². The van der Waals surface area contributed by atoms with E-state index in [1.54, 1.807) is 11.3 Å². The number of hydrogen-bond acceptors (Lipinski definition) is 4. The molecule has 0 unspecified atom stereocenters. The fraction of sp³-hybridized carbons (Fsp3) is 0.458. The number of carbonyl (C=O) groups is 1. The number of carboxylic acids is 1. The minimum atomic E-state index is -0.969. The largest absolute Gasteiger partial charge is 0.550 e. The quantitative estimate of drug-likeness (QED) is 0.514. The van der Waals surface area contributed by atoms with Gasteiger partial charge < -0.3 is 14.6 Å². The van der Waals surface area contributed by atoms with Crippen molar-refractivity contribution < 1.29 is 14.6 Å². The van der Waals surface area contributed by atoms with Crippen LogP contribution >= 0.6 is 11.3 Å². The van der Waals surface area contributed by atoms with Crippen LogP contribution in [0, 0.1) is 11.8 Å². The Morgan fingerprint density at radius 1 is 1.18 bits per heavy atom. The lowest BCUT2D eigenvalue weighted by atomic mass is 9.71. The number of ether oxygens (including phenoxy) is 1. The summed E-state index contributed by atoms with van der Waals surface area (Å²) in [5.74, 6) is 6.64. The lowest BCUT2D eigenvalue weighted by Crippen LogP contribution is -2.31. The topological polar surface area (TPSA) is 49.4 Å². The van der Waals surface area contributed by atoms with E-state index in [9.17, 15) is 9.90 Å². The Morgan fingerprint density at radius 2 is 2.00 bits per heavy atom. The van der Waals surface area contributed by atoms with Crippen LogP contribution in [0.3, 0.4) is 0 Å². The highest BCUT2D eigenvalue weighted by atomic mass is 32.1. The fourth-order valence-electron chi connectivity index (χ4n) is 3.91. The molecule has 0 atom stereocenters. The molecule has 0 radical (unpaired) electrons. The van der Waals surface area contributed by atoms with E-state index in [4.69, 9.17) is 4.74 Å². The molecule has 0 aliphatic carbocycles. The summed E-state index contributed by atoms with van der Waals surface area (Å²) in [6.45, 7) is 5.31. The summed E-state index contributed by atoms with van der Waals surface area (Å²) in [7, 11) is 0. The van der Waals surface area contributed by atoms with Crippen molar-refractivity contribution in [3.8, 4) is 17.6 Å².